The van der Waals surface area contributed by atoms with Crippen LogP contribution in [-0.2, 0) is 0 Å². The van der Waals surface area contributed by atoms with Crippen LogP contribution in [0.3, 0.4) is 0 Å². The molecule has 13 heavy (non-hydrogen) atoms. The maximum atomic E-state index is 4.10. The number of hydrogen-bond acceptors (Lipinski definition) is 1. The van der Waals surface area contributed by atoms with E-state index < -0.39 is 0 Å². The Bertz CT molecular complexity index is 321. The predicted octanol–water partition coefficient (Wildman–Crippen LogP) is 0.737. The predicted molar refractivity (Wildman–Crippen MR) is 55.7 cm³/mol. The Labute approximate surface area is 84.0 Å². The SMILES string of the molecule is c1ccc([Se]c2cccnc2)cc1. The van der Waals surface area contributed by atoms with Gasteiger partial charge in [0.25, 0.3) is 0 Å². The molecule has 0 amide bonds. The molecule has 1 heterocycles. The number of rotatable bonds is 2. The average Bonchev–Trinajstić information content (AvgIpc) is 2.21. The molecule has 0 aliphatic heterocycles. The first kappa shape index (κ1) is 8.49. The molecule has 0 saturated carbocycles. The number of hydrogen-bond donors (Lipinski definition) is 0. The van der Waals surface area contributed by atoms with Crippen molar-refractivity contribution in [3.05, 3.63) is 54.9 Å². The molecule has 1 nitrogen and oxygen atoms in total. The molecule has 1 aromatic carbocycles. The van der Waals surface area contributed by atoms with E-state index in [1.54, 1.807) is 0 Å². The van der Waals surface area contributed by atoms with E-state index in [1.807, 2.05) is 24.5 Å². The van der Waals surface area contributed by atoms with E-state index in [4.69, 9.17) is 0 Å². The van der Waals surface area contributed by atoms with Gasteiger partial charge in [0.15, 0.2) is 0 Å². The van der Waals surface area contributed by atoms with Gasteiger partial charge >= 0.3 is 83.7 Å². The molecule has 0 fully saturated rings. The van der Waals surface area contributed by atoms with E-state index in [0.717, 1.165) is 0 Å². The third kappa shape index (κ3) is 2.41. The van der Waals surface area contributed by atoms with Gasteiger partial charge in [0.05, 0.1) is 0 Å². The van der Waals surface area contributed by atoms with Crippen LogP contribution < -0.4 is 8.92 Å². The van der Waals surface area contributed by atoms with E-state index in [2.05, 4.69) is 35.3 Å². The summed E-state index contributed by atoms with van der Waals surface area (Å²) < 4.78 is 2.71. The fourth-order valence-electron chi connectivity index (χ4n) is 1.03. The van der Waals surface area contributed by atoms with Crippen molar-refractivity contribution >= 4 is 23.9 Å². The average molecular weight is 234 g/mol. The van der Waals surface area contributed by atoms with Crippen molar-refractivity contribution in [2.45, 2.75) is 0 Å². The zero-order valence-electron chi connectivity index (χ0n) is 7.05. The summed E-state index contributed by atoms with van der Waals surface area (Å²) >= 11 is 0.398. The third-order valence-electron chi connectivity index (χ3n) is 1.61. The van der Waals surface area contributed by atoms with Crippen LogP contribution in [0.5, 0.6) is 0 Å². The van der Waals surface area contributed by atoms with Gasteiger partial charge in [-0.3, -0.25) is 0 Å². The number of aromatic nitrogens is 1. The van der Waals surface area contributed by atoms with Gasteiger partial charge in [-0.2, -0.15) is 0 Å². The fraction of sp³-hybridized carbons (Fsp3) is 0. The number of benzene rings is 1. The van der Waals surface area contributed by atoms with Crippen LogP contribution in [-0.4, -0.2) is 19.9 Å². The minimum absolute atomic E-state index is 0.398. The van der Waals surface area contributed by atoms with Crippen LogP contribution in [0, 0.1) is 0 Å². The Morgan fingerprint density at radius 3 is 2.31 bits per heavy atom. The van der Waals surface area contributed by atoms with Crippen molar-refractivity contribution in [2.75, 3.05) is 0 Å². The van der Waals surface area contributed by atoms with E-state index in [-0.39, 0.29) is 0 Å². The van der Waals surface area contributed by atoms with E-state index >= 15 is 0 Å². The van der Waals surface area contributed by atoms with Crippen LogP contribution in [0.1, 0.15) is 0 Å². The van der Waals surface area contributed by atoms with Gasteiger partial charge in [-0.05, 0) is 0 Å². The first-order valence-corrected chi connectivity index (χ1v) is 5.79. The monoisotopic (exact) mass is 235 g/mol. The Kier molecular flexibility index (Phi) is 2.75. The van der Waals surface area contributed by atoms with Crippen molar-refractivity contribution in [2.24, 2.45) is 0 Å². The number of nitrogens with zero attached hydrogens (tertiary/aromatic N) is 1. The van der Waals surface area contributed by atoms with Crippen LogP contribution in [0.15, 0.2) is 54.9 Å². The fourth-order valence-corrected chi connectivity index (χ4v) is 2.76. The second kappa shape index (κ2) is 4.22. The molecule has 0 atom stereocenters. The van der Waals surface area contributed by atoms with Crippen LogP contribution in [0.2, 0.25) is 0 Å². The molecular weight excluding hydrogens is 225 g/mol. The molecule has 0 saturated heterocycles. The zero-order chi connectivity index (χ0) is 8.93. The summed E-state index contributed by atoms with van der Waals surface area (Å²) in [6.07, 6.45) is 3.75. The maximum absolute atomic E-state index is 4.10. The van der Waals surface area contributed by atoms with Gasteiger partial charge < -0.3 is 0 Å². The summed E-state index contributed by atoms with van der Waals surface area (Å²) in [5.41, 5.74) is 0. The molecule has 0 bridgehead atoms. The summed E-state index contributed by atoms with van der Waals surface area (Å²) in [6.45, 7) is 0. The van der Waals surface area contributed by atoms with Gasteiger partial charge in [-0.25, -0.2) is 0 Å². The molecule has 2 heteroatoms. The van der Waals surface area contributed by atoms with Gasteiger partial charge in [-0.15, -0.1) is 0 Å². The van der Waals surface area contributed by atoms with Crippen molar-refractivity contribution < 1.29 is 0 Å². The van der Waals surface area contributed by atoms with E-state index in [0.29, 0.717) is 15.0 Å². The van der Waals surface area contributed by atoms with Gasteiger partial charge in [0, 0.05) is 0 Å². The summed E-state index contributed by atoms with van der Waals surface area (Å²) in [6, 6.07) is 14.6. The van der Waals surface area contributed by atoms with Gasteiger partial charge in [0.1, 0.15) is 0 Å². The molecule has 0 radical (unpaired) electrons. The van der Waals surface area contributed by atoms with Gasteiger partial charge in [0.2, 0.25) is 0 Å². The molecule has 2 rings (SSSR count). The first-order chi connectivity index (χ1) is 6.45. The van der Waals surface area contributed by atoms with E-state index in [9.17, 15) is 0 Å². The second-order valence-electron chi connectivity index (χ2n) is 2.60. The summed E-state index contributed by atoms with van der Waals surface area (Å²) in [5.74, 6) is 0. The normalized spacial score (nSPS) is 9.85. The van der Waals surface area contributed by atoms with Crippen molar-refractivity contribution in [3.63, 3.8) is 0 Å². The molecule has 0 unspecified atom stereocenters. The Balaban J connectivity index is 2.16. The van der Waals surface area contributed by atoms with Crippen LogP contribution in [0.25, 0.3) is 0 Å². The Morgan fingerprint density at radius 1 is 0.846 bits per heavy atom. The molecular formula is C11H9NSe. The molecule has 1 aromatic heterocycles. The topological polar surface area (TPSA) is 12.9 Å². The minimum atomic E-state index is 0.398. The summed E-state index contributed by atoms with van der Waals surface area (Å²) in [7, 11) is 0. The quantitative estimate of drug-likeness (QED) is 0.698. The molecule has 0 aliphatic rings. The van der Waals surface area contributed by atoms with Crippen LogP contribution >= 0.6 is 0 Å². The summed E-state index contributed by atoms with van der Waals surface area (Å²) in [4.78, 5) is 4.10. The van der Waals surface area contributed by atoms with Crippen molar-refractivity contribution in [1.82, 2.24) is 4.98 Å². The van der Waals surface area contributed by atoms with Crippen molar-refractivity contribution in [1.29, 1.82) is 0 Å². The standard InChI is InChI=1S/C11H9NSe/c1-2-5-10(6-3-1)13-11-7-4-8-12-9-11/h1-9H. The number of pyridine rings is 1. The van der Waals surface area contributed by atoms with Gasteiger partial charge in [-0.1, -0.05) is 0 Å². The molecule has 64 valence electrons. The molecule has 0 aliphatic carbocycles. The second-order valence-corrected chi connectivity index (χ2v) is 5.01. The molecule has 0 spiro atoms. The first-order valence-electron chi connectivity index (χ1n) is 4.08. The van der Waals surface area contributed by atoms with Crippen molar-refractivity contribution in [3.8, 4) is 0 Å². The summed E-state index contributed by atoms with van der Waals surface area (Å²) in [5, 5.41) is 0. The van der Waals surface area contributed by atoms with E-state index in [1.165, 1.54) is 8.92 Å². The Hall–Kier alpha value is -1.11. The molecule has 2 aromatic rings. The Morgan fingerprint density at radius 2 is 1.62 bits per heavy atom. The zero-order valence-corrected chi connectivity index (χ0v) is 8.76. The van der Waals surface area contributed by atoms with Crippen LogP contribution in [0.4, 0.5) is 0 Å². The molecule has 0 N–H and O–H groups in total. The third-order valence-corrected chi connectivity index (χ3v) is 3.68.